The lowest BCUT2D eigenvalue weighted by atomic mass is 10.2. The van der Waals surface area contributed by atoms with Crippen LogP contribution in [0.1, 0.15) is 13.8 Å². The number of ether oxygens (including phenoxy) is 1. The Labute approximate surface area is 142 Å². The SMILES string of the molecule is CC(C)CN(CCNC(=O)COc1ccc(Cl)cc1)S(C)(=O)=O. The van der Waals surface area contributed by atoms with Crippen molar-refractivity contribution in [3.63, 3.8) is 0 Å². The summed E-state index contributed by atoms with van der Waals surface area (Å²) in [6, 6.07) is 6.68. The summed E-state index contributed by atoms with van der Waals surface area (Å²) in [6.45, 7) is 4.65. The molecule has 23 heavy (non-hydrogen) atoms. The molecule has 0 saturated carbocycles. The van der Waals surface area contributed by atoms with Crippen molar-refractivity contribution in [3.8, 4) is 5.75 Å². The number of halogens is 1. The van der Waals surface area contributed by atoms with E-state index in [1.165, 1.54) is 10.6 Å². The maximum absolute atomic E-state index is 11.7. The molecular weight excluding hydrogens is 340 g/mol. The molecule has 0 unspecified atom stereocenters. The van der Waals surface area contributed by atoms with E-state index >= 15 is 0 Å². The van der Waals surface area contributed by atoms with Crippen LogP contribution in [0.4, 0.5) is 0 Å². The van der Waals surface area contributed by atoms with Gasteiger partial charge in [-0.1, -0.05) is 25.4 Å². The summed E-state index contributed by atoms with van der Waals surface area (Å²) < 4.78 is 30.0. The number of hydrogen-bond acceptors (Lipinski definition) is 4. The first-order valence-corrected chi connectivity index (χ1v) is 9.51. The number of rotatable bonds is 9. The monoisotopic (exact) mass is 362 g/mol. The van der Waals surface area contributed by atoms with Crippen LogP contribution in [0, 0.1) is 5.92 Å². The highest BCUT2D eigenvalue weighted by Gasteiger charge is 2.17. The second kappa shape index (κ2) is 9.10. The zero-order chi connectivity index (χ0) is 17.5. The van der Waals surface area contributed by atoms with Crippen molar-refractivity contribution in [1.82, 2.24) is 9.62 Å². The maximum Gasteiger partial charge on any atom is 0.257 e. The number of nitrogens with one attached hydrogen (secondary N) is 1. The molecule has 0 radical (unpaired) electrons. The van der Waals surface area contributed by atoms with Crippen LogP contribution in [0.25, 0.3) is 0 Å². The molecule has 1 amide bonds. The number of sulfonamides is 1. The molecule has 0 fully saturated rings. The van der Waals surface area contributed by atoms with Gasteiger partial charge in [-0.05, 0) is 30.2 Å². The van der Waals surface area contributed by atoms with E-state index in [1.807, 2.05) is 13.8 Å². The molecule has 1 rings (SSSR count). The predicted octanol–water partition coefficient (Wildman–Crippen LogP) is 1.75. The molecule has 6 nitrogen and oxygen atoms in total. The number of hydrogen-bond donors (Lipinski definition) is 1. The normalized spacial score (nSPS) is 11.7. The fourth-order valence-electron chi connectivity index (χ4n) is 1.85. The third-order valence-corrected chi connectivity index (χ3v) is 4.43. The summed E-state index contributed by atoms with van der Waals surface area (Å²) >= 11 is 5.76. The molecule has 1 aromatic carbocycles. The quantitative estimate of drug-likeness (QED) is 0.726. The van der Waals surface area contributed by atoms with E-state index in [2.05, 4.69) is 5.32 Å². The van der Waals surface area contributed by atoms with Crippen LogP contribution in [0.3, 0.4) is 0 Å². The fraction of sp³-hybridized carbons (Fsp3) is 0.533. The summed E-state index contributed by atoms with van der Waals surface area (Å²) in [4.78, 5) is 11.7. The van der Waals surface area contributed by atoms with E-state index in [1.54, 1.807) is 24.3 Å². The van der Waals surface area contributed by atoms with Gasteiger partial charge in [0.25, 0.3) is 5.91 Å². The Morgan fingerprint density at radius 2 is 1.91 bits per heavy atom. The Kier molecular flexibility index (Phi) is 7.81. The van der Waals surface area contributed by atoms with E-state index in [-0.39, 0.29) is 31.5 Å². The number of nitrogens with zero attached hydrogens (tertiary/aromatic N) is 1. The van der Waals surface area contributed by atoms with Crippen molar-refractivity contribution in [2.75, 3.05) is 32.5 Å². The van der Waals surface area contributed by atoms with Gasteiger partial charge in [0.2, 0.25) is 10.0 Å². The molecule has 130 valence electrons. The molecule has 0 aliphatic carbocycles. The van der Waals surface area contributed by atoms with Crippen molar-refractivity contribution in [3.05, 3.63) is 29.3 Å². The zero-order valence-electron chi connectivity index (χ0n) is 13.6. The molecule has 1 aromatic rings. The van der Waals surface area contributed by atoms with Gasteiger partial charge in [0.05, 0.1) is 6.26 Å². The van der Waals surface area contributed by atoms with Gasteiger partial charge in [-0.25, -0.2) is 12.7 Å². The highest BCUT2D eigenvalue weighted by molar-refractivity contribution is 7.88. The summed E-state index contributed by atoms with van der Waals surface area (Å²) in [5.74, 6) is 0.453. The van der Waals surface area contributed by atoms with Crippen LogP contribution in [0.15, 0.2) is 24.3 Å². The molecular formula is C15H23ClN2O4S. The van der Waals surface area contributed by atoms with Crippen LogP contribution in [-0.2, 0) is 14.8 Å². The van der Waals surface area contributed by atoms with Gasteiger partial charge < -0.3 is 10.1 Å². The largest absolute Gasteiger partial charge is 0.484 e. The molecule has 0 aromatic heterocycles. The van der Waals surface area contributed by atoms with Crippen molar-refractivity contribution in [2.24, 2.45) is 5.92 Å². The minimum Gasteiger partial charge on any atom is -0.484 e. The third kappa shape index (κ3) is 8.20. The van der Waals surface area contributed by atoms with Gasteiger partial charge in [-0.15, -0.1) is 0 Å². The molecule has 0 saturated heterocycles. The summed E-state index contributed by atoms with van der Waals surface area (Å²) in [6.07, 6.45) is 1.17. The summed E-state index contributed by atoms with van der Waals surface area (Å²) in [5.41, 5.74) is 0. The van der Waals surface area contributed by atoms with Crippen molar-refractivity contribution >= 4 is 27.5 Å². The average molecular weight is 363 g/mol. The highest BCUT2D eigenvalue weighted by Crippen LogP contribution is 2.15. The molecule has 0 bridgehead atoms. The summed E-state index contributed by atoms with van der Waals surface area (Å²) in [5, 5.41) is 3.23. The van der Waals surface area contributed by atoms with Gasteiger partial charge in [0, 0.05) is 24.7 Å². The van der Waals surface area contributed by atoms with E-state index in [4.69, 9.17) is 16.3 Å². The lowest BCUT2D eigenvalue weighted by molar-refractivity contribution is -0.123. The minimum absolute atomic E-state index is 0.134. The second-order valence-corrected chi connectivity index (χ2v) is 8.03. The van der Waals surface area contributed by atoms with Crippen LogP contribution < -0.4 is 10.1 Å². The van der Waals surface area contributed by atoms with Crippen LogP contribution in [0.5, 0.6) is 5.75 Å². The Balaban J connectivity index is 2.35. The number of carbonyl (C=O) groups excluding carboxylic acids is 1. The lowest BCUT2D eigenvalue weighted by Gasteiger charge is -2.22. The molecule has 0 atom stereocenters. The Morgan fingerprint density at radius 3 is 2.43 bits per heavy atom. The second-order valence-electron chi connectivity index (χ2n) is 5.61. The molecule has 0 heterocycles. The van der Waals surface area contributed by atoms with Crippen molar-refractivity contribution < 1.29 is 17.9 Å². The lowest BCUT2D eigenvalue weighted by Crippen LogP contribution is -2.40. The van der Waals surface area contributed by atoms with E-state index in [0.717, 1.165) is 0 Å². The topological polar surface area (TPSA) is 75.7 Å². The molecule has 8 heteroatoms. The molecule has 0 aliphatic rings. The first-order valence-electron chi connectivity index (χ1n) is 7.28. The van der Waals surface area contributed by atoms with E-state index in [9.17, 15) is 13.2 Å². The summed E-state index contributed by atoms with van der Waals surface area (Å²) in [7, 11) is -3.28. The smallest absolute Gasteiger partial charge is 0.257 e. The number of carbonyl (C=O) groups is 1. The van der Waals surface area contributed by atoms with Gasteiger partial charge in [0.15, 0.2) is 6.61 Å². The van der Waals surface area contributed by atoms with Crippen LogP contribution in [-0.4, -0.2) is 51.1 Å². The van der Waals surface area contributed by atoms with Crippen LogP contribution in [0.2, 0.25) is 5.02 Å². The molecule has 0 aliphatic heterocycles. The fourth-order valence-corrected chi connectivity index (χ4v) is 2.97. The standard InChI is InChI=1S/C15H23ClN2O4S/c1-12(2)10-18(23(3,20)21)9-8-17-15(19)11-22-14-6-4-13(16)5-7-14/h4-7,12H,8-11H2,1-3H3,(H,17,19). The Hall–Kier alpha value is -1.31. The van der Waals surface area contributed by atoms with Gasteiger partial charge >= 0.3 is 0 Å². The van der Waals surface area contributed by atoms with Crippen molar-refractivity contribution in [2.45, 2.75) is 13.8 Å². The average Bonchev–Trinajstić information content (AvgIpc) is 2.44. The first-order chi connectivity index (χ1) is 10.7. The van der Waals surface area contributed by atoms with E-state index in [0.29, 0.717) is 17.3 Å². The number of amides is 1. The zero-order valence-corrected chi connectivity index (χ0v) is 15.2. The van der Waals surface area contributed by atoms with E-state index < -0.39 is 10.0 Å². The number of benzene rings is 1. The van der Waals surface area contributed by atoms with Gasteiger partial charge in [-0.3, -0.25) is 4.79 Å². The Bertz CT molecular complexity index is 602. The van der Waals surface area contributed by atoms with Crippen LogP contribution >= 0.6 is 11.6 Å². The highest BCUT2D eigenvalue weighted by atomic mass is 35.5. The molecule has 0 spiro atoms. The van der Waals surface area contributed by atoms with Gasteiger partial charge in [0.1, 0.15) is 5.75 Å². The maximum atomic E-state index is 11.7. The third-order valence-electron chi connectivity index (χ3n) is 2.90. The minimum atomic E-state index is -3.28. The first kappa shape index (κ1) is 19.7. The van der Waals surface area contributed by atoms with Crippen molar-refractivity contribution in [1.29, 1.82) is 0 Å². The predicted molar refractivity (Wildman–Crippen MR) is 91.2 cm³/mol. The molecule has 1 N–H and O–H groups in total. The van der Waals surface area contributed by atoms with Gasteiger partial charge in [-0.2, -0.15) is 0 Å². The Morgan fingerprint density at radius 1 is 1.30 bits per heavy atom.